The van der Waals surface area contributed by atoms with Crippen LogP contribution < -0.4 is 5.48 Å². The lowest BCUT2D eigenvalue weighted by atomic mass is 9.60. The van der Waals surface area contributed by atoms with E-state index in [9.17, 15) is 4.79 Å². The highest BCUT2D eigenvalue weighted by Gasteiger charge is 2.53. The quantitative estimate of drug-likeness (QED) is 0.648. The normalized spacial score (nSPS) is 26.5. The number of nitrogens with zero attached hydrogens (tertiary/aromatic N) is 3. The van der Waals surface area contributed by atoms with Crippen molar-refractivity contribution in [2.24, 2.45) is 5.41 Å². The topological polar surface area (TPSA) is 68.7 Å². The van der Waals surface area contributed by atoms with Crippen molar-refractivity contribution in [1.82, 2.24) is 20.3 Å². The van der Waals surface area contributed by atoms with Crippen LogP contribution in [-0.4, -0.2) is 58.1 Å². The van der Waals surface area contributed by atoms with Crippen molar-refractivity contribution in [2.75, 3.05) is 20.1 Å². The Bertz CT molecular complexity index is 648. The molecule has 1 saturated heterocycles. The van der Waals surface area contributed by atoms with Gasteiger partial charge in [-0.25, -0.2) is 5.48 Å². The summed E-state index contributed by atoms with van der Waals surface area (Å²) in [4.78, 5) is 21.2. The minimum Gasteiger partial charge on any atom is -0.305 e. The second-order valence-electron chi connectivity index (χ2n) is 7.94. The second kappa shape index (κ2) is 5.79. The molecule has 1 amide bonds. The number of fused-ring (bicyclic) bond motifs is 1. The molecule has 4 rings (SSSR count). The molecule has 6 nitrogen and oxygen atoms in total. The monoisotopic (exact) mass is 330 g/mol. The standard InChI is InChI=1S/C18H26N4O2/c1-3-14-5-16-13(4-12(8-19-16)17(23)20-24)9-22(14)15-6-18(7-15)10-21(2)11-18/h4,8,14-15,24H,3,5-7,9-11H2,1-2H3,(H,20,23)/t14-/m1/s1. The first kappa shape index (κ1) is 16.0. The Kier molecular flexibility index (Phi) is 3.86. The van der Waals surface area contributed by atoms with Crippen LogP contribution in [0.2, 0.25) is 0 Å². The van der Waals surface area contributed by atoms with Crippen molar-refractivity contribution in [3.8, 4) is 0 Å². The van der Waals surface area contributed by atoms with Gasteiger partial charge in [0.15, 0.2) is 0 Å². The zero-order valence-corrected chi connectivity index (χ0v) is 14.5. The van der Waals surface area contributed by atoms with Crippen molar-refractivity contribution in [3.63, 3.8) is 0 Å². The van der Waals surface area contributed by atoms with Gasteiger partial charge >= 0.3 is 0 Å². The fraction of sp³-hybridized carbons (Fsp3) is 0.667. The lowest BCUT2D eigenvalue weighted by Gasteiger charge is -2.61. The van der Waals surface area contributed by atoms with Gasteiger partial charge in [0.05, 0.1) is 5.56 Å². The number of amides is 1. The fourth-order valence-electron chi connectivity index (χ4n) is 5.05. The number of hydrogen-bond donors (Lipinski definition) is 2. The van der Waals surface area contributed by atoms with E-state index >= 15 is 0 Å². The molecule has 1 saturated carbocycles. The van der Waals surface area contributed by atoms with Crippen LogP contribution in [0.25, 0.3) is 0 Å². The number of likely N-dealkylation sites (tertiary alicyclic amines) is 1. The smallest absolute Gasteiger partial charge is 0.276 e. The molecular weight excluding hydrogens is 304 g/mol. The Morgan fingerprint density at radius 1 is 1.46 bits per heavy atom. The van der Waals surface area contributed by atoms with Crippen LogP contribution in [-0.2, 0) is 13.0 Å². The largest absolute Gasteiger partial charge is 0.305 e. The first-order chi connectivity index (χ1) is 11.5. The van der Waals surface area contributed by atoms with Gasteiger partial charge in [-0.3, -0.25) is 19.9 Å². The number of nitrogens with one attached hydrogen (secondary N) is 1. The number of rotatable bonds is 3. The van der Waals surface area contributed by atoms with Gasteiger partial charge in [-0.1, -0.05) is 6.92 Å². The Balaban J connectivity index is 1.51. The van der Waals surface area contributed by atoms with Crippen LogP contribution in [0.1, 0.15) is 47.8 Å². The van der Waals surface area contributed by atoms with E-state index in [0.717, 1.165) is 30.6 Å². The molecule has 24 heavy (non-hydrogen) atoms. The molecule has 0 aromatic carbocycles. The van der Waals surface area contributed by atoms with E-state index in [1.807, 2.05) is 6.07 Å². The molecule has 0 radical (unpaired) electrons. The zero-order chi connectivity index (χ0) is 16.9. The molecule has 1 atom stereocenters. The predicted molar refractivity (Wildman–Crippen MR) is 89.8 cm³/mol. The van der Waals surface area contributed by atoms with Crippen molar-refractivity contribution < 1.29 is 10.0 Å². The molecule has 6 heteroatoms. The molecule has 1 aromatic rings. The molecule has 130 valence electrons. The van der Waals surface area contributed by atoms with Crippen molar-refractivity contribution in [2.45, 2.75) is 51.2 Å². The Morgan fingerprint density at radius 2 is 2.21 bits per heavy atom. The minimum absolute atomic E-state index is 0.428. The summed E-state index contributed by atoms with van der Waals surface area (Å²) in [6.07, 6.45) is 6.25. The maximum Gasteiger partial charge on any atom is 0.276 e. The molecule has 1 spiro atoms. The van der Waals surface area contributed by atoms with Crippen LogP contribution >= 0.6 is 0 Å². The molecule has 1 aromatic heterocycles. The third-order valence-corrected chi connectivity index (χ3v) is 6.16. The lowest BCUT2D eigenvalue weighted by Crippen LogP contribution is -2.66. The van der Waals surface area contributed by atoms with E-state index in [1.165, 1.54) is 25.9 Å². The van der Waals surface area contributed by atoms with Gasteiger partial charge in [0.1, 0.15) is 0 Å². The maximum absolute atomic E-state index is 11.6. The minimum atomic E-state index is -0.491. The van der Waals surface area contributed by atoms with Crippen molar-refractivity contribution in [3.05, 3.63) is 29.1 Å². The summed E-state index contributed by atoms with van der Waals surface area (Å²) in [5, 5.41) is 8.83. The van der Waals surface area contributed by atoms with E-state index in [-0.39, 0.29) is 0 Å². The van der Waals surface area contributed by atoms with Crippen LogP contribution in [0.5, 0.6) is 0 Å². The first-order valence-corrected chi connectivity index (χ1v) is 8.90. The van der Waals surface area contributed by atoms with Crippen molar-refractivity contribution in [1.29, 1.82) is 0 Å². The molecule has 2 fully saturated rings. The second-order valence-corrected chi connectivity index (χ2v) is 7.94. The van der Waals surface area contributed by atoms with Crippen LogP contribution in [0.4, 0.5) is 0 Å². The van der Waals surface area contributed by atoms with Gasteiger partial charge < -0.3 is 4.90 Å². The van der Waals surface area contributed by atoms with Gasteiger partial charge in [-0.15, -0.1) is 0 Å². The van der Waals surface area contributed by atoms with Gasteiger partial charge in [0.2, 0.25) is 0 Å². The van der Waals surface area contributed by atoms with E-state index in [2.05, 4.69) is 28.8 Å². The highest BCUT2D eigenvalue weighted by molar-refractivity contribution is 5.93. The van der Waals surface area contributed by atoms with Gasteiger partial charge in [-0.2, -0.15) is 0 Å². The number of aromatic nitrogens is 1. The average Bonchev–Trinajstić information content (AvgIpc) is 2.54. The molecule has 3 heterocycles. The molecule has 2 N–H and O–H groups in total. The summed E-state index contributed by atoms with van der Waals surface area (Å²) in [7, 11) is 2.20. The summed E-state index contributed by atoms with van der Waals surface area (Å²) >= 11 is 0. The van der Waals surface area contributed by atoms with Crippen LogP contribution in [0.3, 0.4) is 0 Å². The zero-order valence-electron chi connectivity index (χ0n) is 14.5. The third-order valence-electron chi connectivity index (χ3n) is 6.16. The SMILES string of the molecule is CC[C@@H]1Cc2ncc(C(=O)NO)cc2CN1C1CC2(C1)CN(C)C2. The number of hydroxylamine groups is 1. The summed E-state index contributed by atoms with van der Waals surface area (Å²) in [6.45, 7) is 5.60. The molecule has 3 aliphatic rings. The summed E-state index contributed by atoms with van der Waals surface area (Å²) in [5.74, 6) is -0.491. The predicted octanol–water partition coefficient (Wildman–Crippen LogP) is 1.43. The number of carbonyl (C=O) groups excluding carboxylic acids is 1. The Morgan fingerprint density at radius 3 is 2.83 bits per heavy atom. The lowest BCUT2D eigenvalue weighted by molar-refractivity contribution is -0.112. The Hall–Kier alpha value is -1.50. The van der Waals surface area contributed by atoms with Gasteiger partial charge in [0, 0.05) is 50.0 Å². The third kappa shape index (κ3) is 2.53. The average molecular weight is 330 g/mol. The molecule has 1 aliphatic carbocycles. The number of hydrogen-bond acceptors (Lipinski definition) is 5. The highest BCUT2D eigenvalue weighted by atomic mass is 16.5. The van der Waals surface area contributed by atoms with E-state index < -0.39 is 5.91 Å². The van der Waals surface area contributed by atoms with Crippen LogP contribution in [0, 0.1) is 5.41 Å². The summed E-state index contributed by atoms with van der Waals surface area (Å²) in [5.41, 5.74) is 4.94. The Labute approximate surface area is 142 Å². The highest BCUT2D eigenvalue weighted by Crippen LogP contribution is 2.51. The van der Waals surface area contributed by atoms with E-state index in [4.69, 9.17) is 5.21 Å². The van der Waals surface area contributed by atoms with E-state index in [1.54, 1.807) is 11.7 Å². The van der Waals surface area contributed by atoms with Gasteiger partial charge in [-0.05, 0) is 43.4 Å². The molecule has 2 aliphatic heterocycles. The summed E-state index contributed by atoms with van der Waals surface area (Å²) < 4.78 is 0. The number of carbonyl (C=O) groups is 1. The van der Waals surface area contributed by atoms with Crippen molar-refractivity contribution >= 4 is 5.91 Å². The van der Waals surface area contributed by atoms with E-state index in [0.29, 0.717) is 23.1 Å². The maximum atomic E-state index is 11.6. The van der Waals surface area contributed by atoms with Crippen LogP contribution in [0.15, 0.2) is 12.3 Å². The van der Waals surface area contributed by atoms with Gasteiger partial charge in [0.25, 0.3) is 5.91 Å². The first-order valence-electron chi connectivity index (χ1n) is 8.90. The molecule has 0 bridgehead atoms. The summed E-state index contributed by atoms with van der Waals surface area (Å²) in [6, 6.07) is 3.09. The number of pyridine rings is 1. The molecule has 0 unspecified atom stereocenters. The molecular formula is C18H26N4O2. The fourth-order valence-corrected chi connectivity index (χ4v) is 5.05.